The standard InChI is InChI=1S/C13H19N3O3S.ClH/c14-20(18,19)11-6-4-10(5-7-11)9-16-13(17)12-3-1-2-8-15-12;/h4-7,12,15H,1-3,8-9H2,(H,16,17)(H2,14,18,19);1H/t12-;/m0./s1. The highest BCUT2D eigenvalue weighted by Gasteiger charge is 2.19. The van der Waals surface area contributed by atoms with Gasteiger partial charge in [-0.2, -0.15) is 0 Å². The van der Waals surface area contributed by atoms with Gasteiger partial charge in [0.15, 0.2) is 0 Å². The molecule has 1 aliphatic heterocycles. The second-order valence-corrected chi connectivity index (χ2v) is 6.47. The number of nitrogens with two attached hydrogens (primary N) is 1. The summed E-state index contributed by atoms with van der Waals surface area (Å²) in [5.74, 6) is -0.0137. The number of amides is 1. The minimum absolute atomic E-state index is 0. The van der Waals surface area contributed by atoms with Crippen LogP contribution in [0.5, 0.6) is 0 Å². The molecule has 8 heteroatoms. The Bertz CT molecular complexity index is 569. The van der Waals surface area contributed by atoms with E-state index in [2.05, 4.69) is 10.6 Å². The highest BCUT2D eigenvalue weighted by atomic mass is 35.5. The molecule has 4 N–H and O–H groups in total. The number of primary sulfonamides is 1. The van der Waals surface area contributed by atoms with E-state index in [0.717, 1.165) is 31.4 Å². The molecule has 0 spiro atoms. The summed E-state index contributed by atoms with van der Waals surface area (Å²) < 4.78 is 22.2. The summed E-state index contributed by atoms with van der Waals surface area (Å²) >= 11 is 0. The van der Waals surface area contributed by atoms with Crippen LogP contribution in [0, 0.1) is 0 Å². The zero-order chi connectivity index (χ0) is 14.6. The van der Waals surface area contributed by atoms with Crippen molar-refractivity contribution in [2.75, 3.05) is 6.54 Å². The van der Waals surface area contributed by atoms with Crippen molar-refractivity contribution < 1.29 is 13.2 Å². The maximum Gasteiger partial charge on any atom is 0.238 e. The smallest absolute Gasteiger partial charge is 0.238 e. The average Bonchev–Trinajstić information content (AvgIpc) is 2.45. The van der Waals surface area contributed by atoms with Gasteiger partial charge in [-0.3, -0.25) is 4.79 Å². The average molecular weight is 334 g/mol. The van der Waals surface area contributed by atoms with Crippen LogP contribution in [0.2, 0.25) is 0 Å². The normalized spacial score (nSPS) is 18.6. The van der Waals surface area contributed by atoms with Crippen LogP contribution in [-0.4, -0.2) is 26.9 Å². The highest BCUT2D eigenvalue weighted by molar-refractivity contribution is 7.89. The lowest BCUT2D eigenvalue weighted by Gasteiger charge is -2.22. The fraction of sp³-hybridized carbons (Fsp3) is 0.462. The maximum absolute atomic E-state index is 11.9. The van der Waals surface area contributed by atoms with Gasteiger partial charge in [-0.1, -0.05) is 18.6 Å². The van der Waals surface area contributed by atoms with Gasteiger partial charge in [-0.25, -0.2) is 13.6 Å². The molecule has 1 amide bonds. The van der Waals surface area contributed by atoms with Crippen LogP contribution in [0.4, 0.5) is 0 Å². The monoisotopic (exact) mass is 333 g/mol. The van der Waals surface area contributed by atoms with Gasteiger partial charge < -0.3 is 10.6 Å². The van der Waals surface area contributed by atoms with Crippen LogP contribution in [0.15, 0.2) is 29.2 Å². The van der Waals surface area contributed by atoms with Crippen molar-refractivity contribution in [3.8, 4) is 0 Å². The number of carbonyl (C=O) groups is 1. The summed E-state index contributed by atoms with van der Waals surface area (Å²) in [6.45, 7) is 1.25. The second-order valence-electron chi connectivity index (χ2n) is 4.91. The number of carbonyl (C=O) groups excluding carboxylic acids is 1. The Kier molecular flexibility index (Phi) is 6.60. The number of benzene rings is 1. The first kappa shape index (κ1) is 17.9. The van der Waals surface area contributed by atoms with E-state index in [-0.39, 0.29) is 29.3 Å². The largest absolute Gasteiger partial charge is 0.351 e. The Labute approximate surface area is 130 Å². The van der Waals surface area contributed by atoms with Crippen molar-refractivity contribution in [3.05, 3.63) is 29.8 Å². The molecule has 118 valence electrons. The van der Waals surface area contributed by atoms with Crippen LogP contribution in [0.3, 0.4) is 0 Å². The van der Waals surface area contributed by atoms with E-state index in [0.29, 0.717) is 6.54 Å². The molecule has 1 aliphatic rings. The number of rotatable bonds is 4. The summed E-state index contributed by atoms with van der Waals surface area (Å²) in [4.78, 5) is 12.0. The number of nitrogens with one attached hydrogen (secondary N) is 2. The Morgan fingerprint density at radius 2 is 1.95 bits per heavy atom. The molecule has 1 atom stereocenters. The van der Waals surface area contributed by atoms with Crippen molar-refractivity contribution in [2.24, 2.45) is 5.14 Å². The van der Waals surface area contributed by atoms with Crippen LogP contribution >= 0.6 is 12.4 Å². The fourth-order valence-electron chi connectivity index (χ4n) is 2.18. The van der Waals surface area contributed by atoms with Crippen LogP contribution in [0.1, 0.15) is 24.8 Å². The lowest BCUT2D eigenvalue weighted by atomic mass is 10.0. The summed E-state index contributed by atoms with van der Waals surface area (Å²) in [6, 6.07) is 6.06. The molecular formula is C13H20ClN3O3S. The van der Waals surface area contributed by atoms with E-state index in [4.69, 9.17) is 5.14 Å². The van der Waals surface area contributed by atoms with E-state index < -0.39 is 10.0 Å². The Morgan fingerprint density at radius 1 is 1.29 bits per heavy atom. The predicted octanol–water partition coefficient (Wildman–Crippen LogP) is 0.514. The number of hydrogen-bond donors (Lipinski definition) is 3. The molecule has 0 aromatic heterocycles. The summed E-state index contributed by atoms with van der Waals surface area (Å²) in [6.07, 6.45) is 3.03. The summed E-state index contributed by atoms with van der Waals surface area (Å²) in [7, 11) is -3.67. The Hall–Kier alpha value is -1.15. The SMILES string of the molecule is Cl.NS(=O)(=O)c1ccc(CNC(=O)[C@@H]2CCCCN2)cc1. The minimum atomic E-state index is -3.67. The first-order valence-corrected chi connectivity index (χ1v) is 8.14. The number of sulfonamides is 1. The third-order valence-corrected chi connectivity index (χ3v) is 4.27. The molecule has 1 saturated heterocycles. The molecule has 1 heterocycles. The fourth-order valence-corrected chi connectivity index (χ4v) is 2.70. The van der Waals surface area contributed by atoms with E-state index in [1.54, 1.807) is 12.1 Å². The van der Waals surface area contributed by atoms with Gasteiger partial charge in [-0.15, -0.1) is 12.4 Å². The zero-order valence-electron chi connectivity index (χ0n) is 11.5. The van der Waals surface area contributed by atoms with Crippen LogP contribution < -0.4 is 15.8 Å². The summed E-state index contributed by atoms with van der Waals surface area (Å²) in [5, 5.41) is 11.0. The number of piperidine rings is 1. The lowest BCUT2D eigenvalue weighted by molar-refractivity contribution is -0.123. The summed E-state index contributed by atoms with van der Waals surface area (Å²) in [5.41, 5.74) is 0.835. The van der Waals surface area contributed by atoms with Gasteiger partial charge in [0.25, 0.3) is 0 Å². The van der Waals surface area contributed by atoms with Crippen molar-refractivity contribution in [1.29, 1.82) is 0 Å². The van der Waals surface area contributed by atoms with Gasteiger partial charge in [0.2, 0.25) is 15.9 Å². The second kappa shape index (κ2) is 7.74. The molecule has 1 aromatic carbocycles. The Balaban J connectivity index is 0.00000220. The van der Waals surface area contributed by atoms with E-state index >= 15 is 0 Å². The third kappa shape index (κ3) is 5.28. The van der Waals surface area contributed by atoms with Crippen LogP contribution in [-0.2, 0) is 21.4 Å². The molecule has 0 bridgehead atoms. The lowest BCUT2D eigenvalue weighted by Crippen LogP contribution is -2.46. The quantitative estimate of drug-likeness (QED) is 0.747. The topological polar surface area (TPSA) is 101 Å². The van der Waals surface area contributed by atoms with Crippen molar-refractivity contribution in [2.45, 2.75) is 36.7 Å². The molecule has 2 rings (SSSR count). The molecule has 21 heavy (non-hydrogen) atoms. The molecule has 0 radical (unpaired) electrons. The van der Waals surface area contributed by atoms with Crippen molar-refractivity contribution in [3.63, 3.8) is 0 Å². The van der Waals surface area contributed by atoms with E-state index in [1.165, 1.54) is 12.1 Å². The minimum Gasteiger partial charge on any atom is -0.351 e. The predicted molar refractivity (Wildman–Crippen MR) is 82.6 cm³/mol. The van der Waals surface area contributed by atoms with E-state index in [9.17, 15) is 13.2 Å². The van der Waals surface area contributed by atoms with Gasteiger partial charge in [-0.05, 0) is 37.1 Å². The molecule has 6 nitrogen and oxygen atoms in total. The van der Waals surface area contributed by atoms with Gasteiger partial charge >= 0.3 is 0 Å². The van der Waals surface area contributed by atoms with Gasteiger partial charge in [0, 0.05) is 6.54 Å². The zero-order valence-corrected chi connectivity index (χ0v) is 13.2. The maximum atomic E-state index is 11.9. The number of halogens is 1. The highest BCUT2D eigenvalue weighted by Crippen LogP contribution is 2.10. The Morgan fingerprint density at radius 3 is 2.48 bits per heavy atom. The van der Waals surface area contributed by atoms with Gasteiger partial charge in [0.1, 0.15) is 0 Å². The van der Waals surface area contributed by atoms with E-state index in [1.807, 2.05) is 0 Å². The third-order valence-electron chi connectivity index (χ3n) is 3.35. The molecule has 1 aromatic rings. The van der Waals surface area contributed by atoms with Gasteiger partial charge in [0.05, 0.1) is 10.9 Å². The van der Waals surface area contributed by atoms with Crippen molar-refractivity contribution >= 4 is 28.3 Å². The first-order valence-electron chi connectivity index (χ1n) is 6.59. The molecule has 1 fully saturated rings. The van der Waals surface area contributed by atoms with Crippen LogP contribution in [0.25, 0.3) is 0 Å². The first-order chi connectivity index (χ1) is 9.47. The molecule has 0 saturated carbocycles. The molecular weight excluding hydrogens is 314 g/mol. The number of hydrogen-bond acceptors (Lipinski definition) is 4. The molecule has 0 aliphatic carbocycles. The molecule has 0 unspecified atom stereocenters. The van der Waals surface area contributed by atoms with Crippen molar-refractivity contribution in [1.82, 2.24) is 10.6 Å².